The van der Waals surface area contributed by atoms with Gasteiger partial charge < -0.3 is 4.42 Å². The largest absolute Gasteiger partial charge is 0.418 e. The van der Waals surface area contributed by atoms with Crippen molar-refractivity contribution in [1.29, 1.82) is 0 Å². The molecule has 0 saturated heterocycles. The van der Waals surface area contributed by atoms with Gasteiger partial charge in [-0.15, -0.1) is 0 Å². The Hall–Kier alpha value is -3.71. The van der Waals surface area contributed by atoms with E-state index in [1.54, 1.807) is 0 Å². The van der Waals surface area contributed by atoms with Crippen LogP contribution in [-0.4, -0.2) is 29.2 Å². The summed E-state index contributed by atoms with van der Waals surface area (Å²) in [4.78, 5) is 34.0. The van der Waals surface area contributed by atoms with Crippen LogP contribution in [0, 0.1) is 6.92 Å². The van der Waals surface area contributed by atoms with Gasteiger partial charge in [0, 0.05) is 12.4 Å². The van der Waals surface area contributed by atoms with Crippen molar-refractivity contribution in [3.05, 3.63) is 80.7 Å². The number of halogens is 4. The van der Waals surface area contributed by atoms with E-state index in [0.29, 0.717) is 6.07 Å². The normalized spacial score (nSPS) is 12.1. The number of sulfonamides is 1. The molecule has 2 N–H and O–H groups in total. The molecule has 0 fully saturated rings. The highest BCUT2D eigenvalue weighted by molar-refractivity contribution is 7.92. The molecule has 4 rings (SSSR count). The summed E-state index contributed by atoms with van der Waals surface area (Å²) < 4.78 is 72.6. The number of carbonyl (C=O) groups is 1. The molecule has 4 aromatic rings. The van der Waals surface area contributed by atoms with Crippen LogP contribution in [0.25, 0.3) is 11.2 Å². The highest BCUT2D eigenvalue weighted by Crippen LogP contribution is 2.34. The zero-order valence-corrected chi connectivity index (χ0v) is 18.5. The number of pyridine rings is 2. The fraction of sp³-hybridized carbons (Fsp3) is 0.100. The molecule has 0 atom stereocenters. The van der Waals surface area contributed by atoms with Crippen molar-refractivity contribution < 1.29 is 30.8 Å². The van der Waals surface area contributed by atoms with E-state index in [1.807, 2.05) is 0 Å². The van der Waals surface area contributed by atoms with Gasteiger partial charge in [-0.2, -0.15) is 13.2 Å². The second-order valence-corrected chi connectivity index (χ2v) is 9.13. The Labute approximate surface area is 193 Å². The lowest BCUT2D eigenvalue weighted by Crippen LogP contribution is -2.18. The number of nitrogens with zero attached hydrogens (tertiary/aromatic N) is 2. The van der Waals surface area contributed by atoms with Crippen LogP contribution in [0.15, 0.2) is 56.8 Å². The van der Waals surface area contributed by atoms with Gasteiger partial charge in [0.2, 0.25) is 5.78 Å². The maximum atomic E-state index is 13.3. The summed E-state index contributed by atoms with van der Waals surface area (Å²) in [5, 5.41) is -0.0535. The molecule has 0 aliphatic heterocycles. The van der Waals surface area contributed by atoms with Crippen molar-refractivity contribution in [3.8, 4) is 0 Å². The van der Waals surface area contributed by atoms with E-state index in [1.165, 1.54) is 19.2 Å². The van der Waals surface area contributed by atoms with E-state index in [-0.39, 0.29) is 27.4 Å². The number of fused-ring (bicyclic) bond motifs is 1. The molecule has 1 aromatic carbocycles. The summed E-state index contributed by atoms with van der Waals surface area (Å²) in [6.45, 7) is 1.19. The van der Waals surface area contributed by atoms with Crippen LogP contribution in [0.1, 0.15) is 27.2 Å². The third-order valence-electron chi connectivity index (χ3n) is 4.70. The lowest BCUT2D eigenvalue weighted by Gasteiger charge is -2.15. The predicted octanol–water partition coefficient (Wildman–Crippen LogP) is 3.92. The first-order valence-corrected chi connectivity index (χ1v) is 11.1. The first-order chi connectivity index (χ1) is 15.9. The molecule has 0 aliphatic carbocycles. The first-order valence-electron chi connectivity index (χ1n) is 9.25. The zero-order chi connectivity index (χ0) is 24.8. The summed E-state index contributed by atoms with van der Waals surface area (Å²) >= 11 is 5.91. The van der Waals surface area contributed by atoms with E-state index in [4.69, 9.17) is 16.0 Å². The van der Waals surface area contributed by atoms with Crippen LogP contribution in [0.3, 0.4) is 0 Å². The number of aromatic amines is 1. The Morgan fingerprint density at radius 1 is 1.18 bits per heavy atom. The number of oxazole rings is 1. The SMILES string of the molecule is Cc1ccc(S(=O)(=O)Nc2cc(Cl)cnc2C(=O)c2ccnc3[nH]c(=O)oc23)cc1C(F)(F)F. The summed E-state index contributed by atoms with van der Waals surface area (Å²) in [5.74, 6) is -1.73. The number of rotatable bonds is 5. The molecule has 176 valence electrons. The Bertz CT molecular complexity index is 1610. The number of benzene rings is 1. The quantitative estimate of drug-likeness (QED) is 0.387. The number of hydrogen-bond acceptors (Lipinski definition) is 7. The molecule has 0 amide bonds. The smallest absolute Gasteiger partial charge is 0.405 e. The summed E-state index contributed by atoms with van der Waals surface area (Å²) in [7, 11) is -4.60. The van der Waals surface area contributed by atoms with Crippen molar-refractivity contribution >= 4 is 44.3 Å². The Morgan fingerprint density at radius 2 is 1.91 bits per heavy atom. The minimum Gasteiger partial charge on any atom is -0.405 e. The maximum Gasteiger partial charge on any atom is 0.418 e. The lowest BCUT2D eigenvalue weighted by atomic mass is 10.1. The third kappa shape index (κ3) is 4.39. The molecule has 0 aliphatic rings. The number of nitrogens with one attached hydrogen (secondary N) is 2. The number of aryl methyl sites for hydroxylation is 1. The molecule has 0 radical (unpaired) electrons. The van der Waals surface area contributed by atoms with Crippen molar-refractivity contribution in [2.45, 2.75) is 18.0 Å². The van der Waals surface area contributed by atoms with E-state index in [9.17, 15) is 31.2 Å². The van der Waals surface area contributed by atoms with Crippen LogP contribution >= 0.6 is 11.6 Å². The second-order valence-electron chi connectivity index (χ2n) is 7.01. The van der Waals surface area contributed by atoms with Crippen molar-refractivity contribution in [2.24, 2.45) is 0 Å². The van der Waals surface area contributed by atoms with Crippen LogP contribution in [-0.2, 0) is 16.2 Å². The highest BCUT2D eigenvalue weighted by atomic mass is 35.5. The standard InChI is InChI=1S/C20H12ClF3N4O5S/c1-9-2-3-11(7-13(9)20(22,23)24)34(31,32)28-14-6-10(21)8-26-15(14)16(29)12-4-5-25-18-17(12)33-19(30)27-18/h2-8,28H,1H3,(H,25,27,30). The van der Waals surface area contributed by atoms with Gasteiger partial charge in [0.05, 0.1) is 26.7 Å². The predicted molar refractivity (Wildman–Crippen MR) is 114 cm³/mol. The summed E-state index contributed by atoms with van der Waals surface area (Å²) in [5.41, 5.74) is -2.49. The number of ketones is 1. The summed E-state index contributed by atoms with van der Waals surface area (Å²) in [6, 6.07) is 4.79. The number of aromatic nitrogens is 3. The molecule has 34 heavy (non-hydrogen) atoms. The topological polar surface area (TPSA) is 135 Å². The molecule has 3 heterocycles. The Balaban J connectivity index is 1.79. The molecule has 0 bridgehead atoms. The molecular formula is C20H12ClF3N4O5S. The minimum atomic E-state index is -4.78. The molecule has 9 nitrogen and oxygen atoms in total. The van der Waals surface area contributed by atoms with Crippen LogP contribution in [0.4, 0.5) is 18.9 Å². The number of alkyl halides is 3. The van der Waals surface area contributed by atoms with Crippen molar-refractivity contribution in [1.82, 2.24) is 15.0 Å². The Morgan fingerprint density at radius 3 is 2.62 bits per heavy atom. The number of H-pyrrole nitrogens is 1. The molecule has 0 spiro atoms. The van der Waals surface area contributed by atoms with Crippen LogP contribution in [0.5, 0.6) is 0 Å². The van der Waals surface area contributed by atoms with Gasteiger partial charge in [0.25, 0.3) is 10.0 Å². The molecular weight excluding hydrogens is 501 g/mol. The van der Waals surface area contributed by atoms with Crippen LogP contribution < -0.4 is 10.5 Å². The van der Waals surface area contributed by atoms with Crippen molar-refractivity contribution in [2.75, 3.05) is 4.72 Å². The van der Waals surface area contributed by atoms with Crippen molar-refractivity contribution in [3.63, 3.8) is 0 Å². The molecule has 0 saturated carbocycles. The lowest BCUT2D eigenvalue weighted by molar-refractivity contribution is -0.138. The highest BCUT2D eigenvalue weighted by Gasteiger charge is 2.34. The van der Waals surface area contributed by atoms with Gasteiger partial charge >= 0.3 is 11.9 Å². The van der Waals surface area contributed by atoms with Gasteiger partial charge in [0.15, 0.2) is 11.2 Å². The summed E-state index contributed by atoms with van der Waals surface area (Å²) in [6.07, 6.45) is -2.49. The third-order valence-corrected chi connectivity index (χ3v) is 6.27. The average molecular weight is 513 g/mol. The maximum absolute atomic E-state index is 13.3. The fourth-order valence-corrected chi connectivity index (χ4v) is 4.38. The Kier molecular flexibility index (Phi) is 5.69. The van der Waals surface area contributed by atoms with Crippen LogP contribution in [0.2, 0.25) is 5.02 Å². The number of anilines is 1. The minimum absolute atomic E-state index is 0.0220. The fourth-order valence-electron chi connectivity index (χ4n) is 3.14. The molecule has 14 heteroatoms. The number of hydrogen-bond donors (Lipinski definition) is 2. The zero-order valence-electron chi connectivity index (χ0n) is 16.9. The average Bonchev–Trinajstić information content (AvgIpc) is 3.12. The van der Waals surface area contributed by atoms with E-state index >= 15 is 0 Å². The second kappa shape index (κ2) is 8.25. The van der Waals surface area contributed by atoms with E-state index in [2.05, 4.69) is 19.7 Å². The number of carbonyl (C=O) groups excluding carboxylic acids is 1. The molecule has 3 aromatic heterocycles. The first kappa shape index (κ1) is 23.4. The van der Waals surface area contributed by atoms with Gasteiger partial charge in [-0.25, -0.2) is 23.2 Å². The van der Waals surface area contributed by atoms with Gasteiger partial charge in [-0.05, 0) is 36.8 Å². The monoisotopic (exact) mass is 512 g/mol. The van der Waals surface area contributed by atoms with E-state index < -0.39 is 49.6 Å². The van der Waals surface area contributed by atoms with Gasteiger partial charge in [0.1, 0.15) is 5.69 Å². The van der Waals surface area contributed by atoms with Gasteiger partial charge in [-0.3, -0.25) is 14.5 Å². The van der Waals surface area contributed by atoms with E-state index in [0.717, 1.165) is 24.4 Å². The van der Waals surface area contributed by atoms with Gasteiger partial charge in [-0.1, -0.05) is 17.7 Å². The molecule has 0 unspecified atom stereocenters.